The minimum absolute atomic E-state index is 0.316. The Morgan fingerprint density at radius 3 is 2.71 bits per heavy atom. The number of quaternary nitrogens is 1. The van der Waals surface area contributed by atoms with Crippen LogP contribution < -0.4 is 5.32 Å². The van der Waals surface area contributed by atoms with Crippen molar-refractivity contribution >= 4 is 10.8 Å². The smallest absolute Gasteiger partial charge is 0.109 e. The van der Waals surface area contributed by atoms with Gasteiger partial charge in [-0.3, -0.25) is 0 Å². The number of hydrogen-bond donors (Lipinski definition) is 1. The fraction of sp³-hybridized carbons (Fsp3) is 0.375. The highest BCUT2D eigenvalue weighted by atomic mass is 15.0. The highest BCUT2D eigenvalue weighted by molar-refractivity contribution is 5.87. The molecule has 3 rings (SSSR count). The van der Waals surface area contributed by atoms with E-state index in [9.17, 15) is 0 Å². The second-order valence-electron chi connectivity index (χ2n) is 5.98. The van der Waals surface area contributed by atoms with Gasteiger partial charge in [-0.1, -0.05) is 36.4 Å². The number of benzene rings is 2. The molecule has 2 aromatic carbocycles. The lowest BCUT2D eigenvalue weighted by atomic mass is 9.82. The molecule has 0 radical (unpaired) electrons. The summed E-state index contributed by atoms with van der Waals surface area (Å²) in [5.74, 6) is 0. The largest absolute Gasteiger partial charge is 0.336 e. The molecule has 88 valence electrons. The molecule has 0 aliphatic carbocycles. The van der Waals surface area contributed by atoms with Crippen LogP contribution in [-0.4, -0.2) is 5.54 Å². The van der Waals surface area contributed by atoms with Crippen LogP contribution in [0.15, 0.2) is 36.4 Å². The Bertz CT molecular complexity index is 569. The molecule has 0 amide bonds. The number of rotatable bonds is 0. The van der Waals surface area contributed by atoms with E-state index in [4.69, 9.17) is 0 Å². The van der Waals surface area contributed by atoms with Gasteiger partial charge in [-0.05, 0) is 37.1 Å². The third-order valence-corrected chi connectivity index (χ3v) is 3.90. The lowest BCUT2D eigenvalue weighted by Gasteiger charge is -2.34. The van der Waals surface area contributed by atoms with Gasteiger partial charge in [0.2, 0.25) is 0 Å². The van der Waals surface area contributed by atoms with E-state index in [2.05, 4.69) is 62.5 Å². The van der Waals surface area contributed by atoms with Crippen molar-refractivity contribution in [2.45, 2.75) is 38.8 Å². The van der Waals surface area contributed by atoms with E-state index in [0.717, 1.165) is 6.42 Å². The van der Waals surface area contributed by atoms with E-state index >= 15 is 0 Å². The molecule has 1 aliphatic heterocycles. The molecule has 1 heteroatoms. The first-order chi connectivity index (χ1) is 8.07. The van der Waals surface area contributed by atoms with Crippen molar-refractivity contribution in [1.29, 1.82) is 0 Å². The zero-order valence-corrected chi connectivity index (χ0v) is 10.8. The van der Waals surface area contributed by atoms with Crippen molar-refractivity contribution < 1.29 is 5.32 Å². The molecular formula is C16H20N+. The molecule has 0 spiro atoms. The highest BCUT2D eigenvalue weighted by Gasteiger charge is 2.33. The molecule has 1 heterocycles. The maximum absolute atomic E-state index is 2.49. The van der Waals surface area contributed by atoms with Crippen LogP contribution in [0.1, 0.15) is 37.9 Å². The predicted octanol–water partition coefficient (Wildman–Crippen LogP) is 2.80. The Labute approximate surface area is 103 Å². The van der Waals surface area contributed by atoms with Crippen LogP contribution in [0.4, 0.5) is 0 Å². The van der Waals surface area contributed by atoms with E-state index in [1.807, 2.05) is 0 Å². The van der Waals surface area contributed by atoms with E-state index in [0.29, 0.717) is 11.6 Å². The van der Waals surface area contributed by atoms with Gasteiger partial charge in [-0.2, -0.15) is 0 Å². The molecule has 1 unspecified atom stereocenters. The van der Waals surface area contributed by atoms with Gasteiger partial charge >= 0.3 is 0 Å². The SMILES string of the molecule is CC1[NH2+]C(C)(C)Cc2c1ccc1ccccc21. The summed E-state index contributed by atoms with van der Waals surface area (Å²) < 4.78 is 0. The first-order valence-corrected chi connectivity index (χ1v) is 6.43. The van der Waals surface area contributed by atoms with E-state index in [1.165, 1.54) is 16.3 Å². The summed E-state index contributed by atoms with van der Waals surface area (Å²) in [6.07, 6.45) is 1.16. The highest BCUT2D eigenvalue weighted by Crippen LogP contribution is 2.30. The minimum atomic E-state index is 0.316. The summed E-state index contributed by atoms with van der Waals surface area (Å²) in [6.45, 7) is 7.00. The van der Waals surface area contributed by atoms with Crippen LogP contribution >= 0.6 is 0 Å². The lowest BCUT2D eigenvalue weighted by molar-refractivity contribution is -0.757. The molecule has 17 heavy (non-hydrogen) atoms. The van der Waals surface area contributed by atoms with Gasteiger partial charge in [0.1, 0.15) is 6.04 Å². The summed E-state index contributed by atoms with van der Waals surface area (Å²) in [6, 6.07) is 13.9. The normalized spacial score (nSPS) is 22.4. The quantitative estimate of drug-likeness (QED) is 0.711. The average Bonchev–Trinajstić information content (AvgIpc) is 2.27. The van der Waals surface area contributed by atoms with E-state index in [1.54, 1.807) is 5.56 Å². The predicted molar refractivity (Wildman–Crippen MR) is 72.1 cm³/mol. The molecule has 1 atom stereocenters. The van der Waals surface area contributed by atoms with Crippen molar-refractivity contribution in [1.82, 2.24) is 0 Å². The molecule has 0 bridgehead atoms. The van der Waals surface area contributed by atoms with Crippen molar-refractivity contribution in [3.05, 3.63) is 47.5 Å². The molecule has 0 fully saturated rings. The Morgan fingerprint density at radius 1 is 1.12 bits per heavy atom. The Kier molecular flexibility index (Phi) is 2.27. The third kappa shape index (κ3) is 1.75. The van der Waals surface area contributed by atoms with Crippen molar-refractivity contribution in [3.63, 3.8) is 0 Å². The zero-order valence-electron chi connectivity index (χ0n) is 10.8. The van der Waals surface area contributed by atoms with Gasteiger partial charge in [0.25, 0.3) is 0 Å². The van der Waals surface area contributed by atoms with Crippen molar-refractivity contribution in [2.24, 2.45) is 0 Å². The number of hydrogen-bond acceptors (Lipinski definition) is 0. The number of fused-ring (bicyclic) bond motifs is 3. The van der Waals surface area contributed by atoms with Gasteiger partial charge in [0.15, 0.2) is 0 Å². The minimum Gasteiger partial charge on any atom is -0.336 e. The van der Waals surface area contributed by atoms with Gasteiger partial charge in [-0.25, -0.2) is 0 Å². The summed E-state index contributed by atoms with van der Waals surface area (Å²) in [5, 5.41) is 5.30. The van der Waals surface area contributed by atoms with Crippen LogP contribution in [0.5, 0.6) is 0 Å². The maximum Gasteiger partial charge on any atom is 0.109 e. The number of nitrogens with two attached hydrogens (primary N) is 1. The second kappa shape index (κ2) is 3.58. The fourth-order valence-electron chi connectivity index (χ4n) is 3.26. The molecule has 1 nitrogen and oxygen atoms in total. The van der Waals surface area contributed by atoms with Gasteiger partial charge in [-0.15, -0.1) is 0 Å². The molecule has 1 aliphatic rings. The van der Waals surface area contributed by atoms with Crippen LogP contribution in [0.25, 0.3) is 10.8 Å². The second-order valence-corrected chi connectivity index (χ2v) is 5.98. The van der Waals surface area contributed by atoms with E-state index < -0.39 is 0 Å². The standard InChI is InChI=1S/C16H19N/c1-11-13-9-8-12-6-4-5-7-14(12)15(13)10-16(2,3)17-11/h4-9,11,17H,10H2,1-3H3/p+1. The summed E-state index contributed by atoms with van der Waals surface area (Å²) in [5.41, 5.74) is 3.39. The monoisotopic (exact) mass is 226 g/mol. The van der Waals surface area contributed by atoms with Crippen LogP contribution in [0, 0.1) is 0 Å². The van der Waals surface area contributed by atoms with E-state index in [-0.39, 0.29) is 0 Å². The fourth-order valence-corrected chi connectivity index (χ4v) is 3.26. The van der Waals surface area contributed by atoms with Gasteiger partial charge in [0, 0.05) is 12.0 Å². The van der Waals surface area contributed by atoms with Gasteiger partial charge < -0.3 is 5.32 Å². The Hall–Kier alpha value is -1.34. The molecule has 0 aromatic heterocycles. The molecule has 0 saturated heterocycles. The van der Waals surface area contributed by atoms with Crippen LogP contribution in [-0.2, 0) is 6.42 Å². The Morgan fingerprint density at radius 2 is 1.88 bits per heavy atom. The topological polar surface area (TPSA) is 16.6 Å². The third-order valence-electron chi connectivity index (χ3n) is 3.90. The van der Waals surface area contributed by atoms with Crippen LogP contribution in [0.2, 0.25) is 0 Å². The maximum atomic E-state index is 2.49. The molecule has 2 aromatic rings. The van der Waals surface area contributed by atoms with Crippen LogP contribution in [0.3, 0.4) is 0 Å². The van der Waals surface area contributed by atoms with Crippen molar-refractivity contribution in [2.75, 3.05) is 0 Å². The summed E-state index contributed by atoms with van der Waals surface area (Å²) in [7, 11) is 0. The molecular weight excluding hydrogens is 206 g/mol. The summed E-state index contributed by atoms with van der Waals surface area (Å²) >= 11 is 0. The first kappa shape index (κ1) is 10.8. The van der Waals surface area contributed by atoms with Gasteiger partial charge in [0.05, 0.1) is 5.54 Å². The average molecular weight is 226 g/mol. The summed E-state index contributed by atoms with van der Waals surface area (Å²) in [4.78, 5) is 0. The lowest BCUT2D eigenvalue weighted by Crippen LogP contribution is -2.97. The molecule has 0 saturated carbocycles. The Balaban J connectivity index is 2.28. The van der Waals surface area contributed by atoms with Crippen molar-refractivity contribution in [3.8, 4) is 0 Å². The first-order valence-electron chi connectivity index (χ1n) is 6.43. The zero-order chi connectivity index (χ0) is 12.0. The molecule has 2 N–H and O–H groups in total.